The fraction of sp³-hybridized carbons (Fsp3) is 0.400. The first-order valence-corrected chi connectivity index (χ1v) is 15.6. The van der Waals surface area contributed by atoms with Gasteiger partial charge in [-0.1, -0.05) is 31.5 Å². The van der Waals surface area contributed by atoms with E-state index in [1.54, 1.807) is 18.3 Å². The minimum Gasteiger partial charge on any atom is -0.481 e. The van der Waals surface area contributed by atoms with Crippen molar-refractivity contribution in [3.05, 3.63) is 87.1 Å². The maximum atomic E-state index is 13.6. The quantitative estimate of drug-likeness (QED) is 0.180. The highest BCUT2D eigenvalue weighted by Gasteiger charge is 2.44. The zero-order chi connectivity index (χ0) is 36.1. The van der Waals surface area contributed by atoms with Gasteiger partial charge < -0.3 is 14.2 Å². The summed E-state index contributed by atoms with van der Waals surface area (Å²) in [6.45, 7) is 5.66. The Morgan fingerprint density at radius 1 is 1.02 bits per heavy atom. The van der Waals surface area contributed by atoms with Crippen LogP contribution < -0.4 is 4.74 Å². The zero-order valence-corrected chi connectivity index (χ0v) is 27.9. The van der Waals surface area contributed by atoms with Crippen molar-refractivity contribution in [2.24, 2.45) is 5.41 Å². The number of aromatic nitrogens is 1. The van der Waals surface area contributed by atoms with Gasteiger partial charge in [-0.3, -0.25) is 4.90 Å². The van der Waals surface area contributed by atoms with E-state index in [1.165, 1.54) is 32.1 Å². The van der Waals surface area contributed by atoms with Crippen molar-refractivity contribution in [1.82, 2.24) is 9.88 Å². The maximum absolute atomic E-state index is 13.6. The summed E-state index contributed by atoms with van der Waals surface area (Å²) >= 11 is 6.56. The predicted molar refractivity (Wildman–Crippen MR) is 169 cm³/mol. The number of amides is 1. The molecule has 0 bridgehead atoms. The average Bonchev–Trinajstić information content (AvgIpc) is 3.31. The highest BCUT2D eigenvalue weighted by molar-refractivity contribution is 6.33. The van der Waals surface area contributed by atoms with Crippen LogP contribution in [-0.4, -0.2) is 48.8 Å². The highest BCUT2D eigenvalue weighted by atomic mass is 35.5. The molecule has 0 saturated carbocycles. The summed E-state index contributed by atoms with van der Waals surface area (Å²) in [5, 5.41) is 0.280. The third-order valence-corrected chi connectivity index (χ3v) is 9.25. The van der Waals surface area contributed by atoms with Crippen LogP contribution in [0, 0.1) is 5.41 Å². The first-order valence-electron chi connectivity index (χ1n) is 15.2. The Morgan fingerprint density at radius 3 is 2.24 bits per heavy atom. The Balaban J connectivity index is 1.54. The van der Waals surface area contributed by atoms with Gasteiger partial charge >= 0.3 is 24.4 Å². The second kappa shape index (κ2) is 13.2. The van der Waals surface area contributed by atoms with Gasteiger partial charge in [0.15, 0.2) is 0 Å². The van der Waals surface area contributed by atoms with Gasteiger partial charge in [0.05, 0.1) is 37.0 Å². The molecule has 262 valence electrons. The number of methoxy groups -OCH3 is 2. The summed E-state index contributed by atoms with van der Waals surface area (Å²) in [4.78, 5) is 31.1. The molecule has 1 amide bonds. The van der Waals surface area contributed by atoms with Crippen molar-refractivity contribution < 1.29 is 50.1 Å². The van der Waals surface area contributed by atoms with Crippen LogP contribution in [0.25, 0.3) is 16.7 Å². The number of allylic oxidation sites excluding steroid dienone is 1. The maximum Gasteiger partial charge on any atom is 0.416 e. The van der Waals surface area contributed by atoms with Crippen LogP contribution in [0.3, 0.4) is 0 Å². The molecule has 2 aromatic carbocycles. The van der Waals surface area contributed by atoms with Crippen molar-refractivity contribution in [1.29, 1.82) is 0 Å². The molecule has 0 N–H and O–H groups in total. The Hall–Kier alpha value is -4.26. The Bertz CT molecular complexity index is 1790. The summed E-state index contributed by atoms with van der Waals surface area (Å²) < 4.78 is 97.5. The number of hydrogen-bond donors (Lipinski definition) is 0. The number of alkyl halides is 6. The summed E-state index contributed by atoms with van der Waals surface area (Å²) in [7, 11) is 2.73. The molecule has 1 fully saturated rings. The summed E-state index contributed by atoms with van der Waals surface area (Å²) in [6.07, 6.45) is -8.94. The van der Waals surface area contributed by atoms with E-state index in [-0.39, 0.29) is 28.6 Å². The Kier molecular flexibility index (Phi) is 9.72. The van der Waals surface area contributed by atoms with Gasteiger partial charge in [0.1, 0.15) is 6.10 Å². The molecule has 7 nitrogen and oxygen atoms in total. The number of halogens is 7. The minimum absolute atomic E-state index is 0.00230. The number of nitrogens with zero attached hydrogens (tertiary/aromatic N) is 2. The van der Waals surface area contributed by atoms with Crippen LogP contribution in [0.15, 0.2) is 54.2 Å². The van der Waals surface area contributed by atoms with Crippen LogP contribution in [0.5, 0.6) is 5.88 Å². The molecule has 3 aromatic rings. The molecule has 0 unspecified atom stereocenters. The van der Waals surface area contributed by atoms with Crippen molar-refractivity contribution in [2.75, 3.05) is 20.8 Å². The normalized spacial score (nSPS) is 19.6. The lowest BCUT2D eigenvalue weighted by molar-refractivity contribution is -0.143. The lowest BCUT2D eigenvalue weighted by Gasteiger charge is -2.35. The molecular formula is C35H33ClF6N2O5. The second-order valence-electron chi connectivity index (χ2n) is 12.9. The Labute approximate surface area is 283 Å². The van der Waals surface area contributed by atoms with E-state index in [0.29, 0.717) is 47.5 Å². The van der Waals surface area contributed by atoms with Crippen LogP contribution in [0.2, 0.25) is 5.02 Å². The van der Waals surface area contributed by atoms with E-state index >= 15 is 0 Å². The van der Waals surface area contributed by atoms with Gasteiger partial charge in [-0.15, -0.1) is 0 Å². The number of esters is 1. The van der Waals surface area contributed by atoms with Crippen molar-refractivity contribution >= 4 is 29.2 Å². The summed E-state index contributed by atoms with van der Waals surface area (Å²) in [5.74, 6) is -0.246. The van der Waals surface area contributed by atoms with Gasteiger partial charge in [-0.05, 0) is 84.7 Å². The van der Waals surface area contributed by atoms with Crippen LogP contribution in [0.1, 0.15) is 78.7 Å². The zero-order valence-electron chi connectivity index (χ0n) is 27.2. The monoisotopic (exact) mass is 710 g/mol. The molecular weight excluding hydrogens is 678 g/mol. The van der Waals surface area contributed by atoms with Gasteiger partial charge in [0.25, 0.3) is 0 Å². The van der Waals surface area contributed by atoms with Crippen molar-refractivity contribution in [2.45, 2.75) is 64.5 Å². The minimum atomic E-state index is -5.05. The van der Waals surface area contributed by atoms with E-state index in [2.05, 4.69) is 18.8 Å². The summed E-state index contributed by atoms with van der Waals surface area (Å²) in [5.41, 5.74) is 0.160. The van der Waals surface area contributed by atoms with Gasteiger partial charge in [0, 0.05) is 34.5 Å². The van der Waals surface area contributed by atoms with Crippen LogP contribution in [0.4, 0.5) is 31.1 Å². The standard InChI is InChI=1S/C35H33ClF6N2O5/c1-18-29(20-10-23(34(37,38)39)14-24(11-20)35(40,41)42)49-32(46)44(18)17-22-15-33(2,3)9-8-25(22)27-12-21(16-43-30(27)47-4)26-7-6-19(13-28(26)36)31(45)48-5/h6-7,10-14,16,18,29H,8-9,15,17H2,1-5H3/t18-,29-/m0/s1. The molecule has 14 heteroatoms. The first-order chi connectivity index (χ1) is 22.8. The third kappa shape index (κ3) is 7.51. The van der Waals surface area contributed by atoms with Crippen LogP contribution >= 0.6 is 11.6 Å². The SMILES string of the molecule is COC(=O)c1ccc(-c2cnc(OC)c(C3=C(CN4C(=O)O[C@H](c5cc(C(F)(F)F)cc(C(F)(F)F)c5)[C@@H]4C)CC(C)(C)CC3)c2)c(Cl)c1. The number of carbonyl (C=O) groups excluding carboxylic acids is 2. The average molecular weight is 711 g/mol. The number of hydrogen-bond acceptors (Lipinski definition) is 6. The molecule has 0 spiro atoms. The molecule has 2 atom stereocenters. The second-order valence-corrected chi connectivity index (χ2v) is 13.3. The van der Waals surface area contributed by atoms with Crippen molar-refractivity contribution in [3.63, 3.8) is 0 Å². The Morgan fingerprint density at radius 2 is 1.67 bits per heavy atom. The van der Waals surface area contributed by atoms with E-state index in [1.807, 2.05) is 6.07 Å². The molecule has 0 radical (unpaired) electrons. The first kappa shape index (κ1) is 36.0. The topological polar surface area (TPSA) is 78.0 Å². The molecule has 1 aliphatic carbocycles. The highest BCUT2D eigenvalue weighted by Crippen LogP contribution is 2.47. The molecule has 5 rings (SSSR count). The fourth-order valence-electron chi connectivity index (χ4n) is 6.37. The van der Waals surface area contributed by atoms with E-state index < -0.39 is 53.3 Å². The lowest BCUT2D eigenvalue weighted by atomic mass is 9.72. The van der Waals surface area contributed by atoms with Gasteiger partial charge in [-0.2, -0.15) is 26.3 Å². The molecule has 49 heavy (non-hydrogen) atoms. The van der Waals surface area contributed by atoms with Crippen LogP contribution in [-0.2, 0) is 21.8 Å². The molecule has 1 aliphatic heterocycles. The van der Waals surface area contributed by atoms with E-state index in [4.69, 9.17) is 25.8 Å². The molecule has 2 heterocycles. The number of pyridine rings is 1. The predicted octanol–water partition coefficient (Wildman–Crippen LogP) is 9.78. The summed E-state index contributed by atoms with van der Waals surface area (Å²) in [6, 6.07) is 6.88. The smallest absolute Gasteiger partial charge is 0.416 e. The van der Waals surface area contributed by atoms with Crippen molar-refractivity contribution in [3.8, 4) is 17.0 Å². The largest absolute Gasteiger partial charge is 0.481 e. The van der Waals surface area contributed by atoms with Gasteiger partial charge in [0.2, 0.25) is 5.88 Å². The number of rotatable bonds is 7. The number of carbonyl (C=O) groups is 2. The molecule has 2 aliphatic rings. The van der Waals surface area contributed by atoms with E-state index in [0.717, 1.165) is 17.6 Å². The third-order valence-electron chi connectivity index (χ3n) is 8.93. The lowest BCUT2D eigenvalue weighted by Crippen LogP contribution is -2.35. The fourth-order valence-corrected chi connectivity index (χ4v) is 6.66. The molecule has 1 saturated heterocycles. The van der Waals surface area contributed by atoms with Gasteiger partial charge in [-0.25, -0.2) is 14.6 Å². The number of ether oxygens (including phenoxy) is 3. The number of cyclic esters (lactones) is 1. The number of benzene rings is 2. The molecule has 1 aromatic heterocycles. The van der Waals surface area contributed by atoms with E-state index in [9.17, 15) is 35.9 Å².